The van der Waals surface area contributed by atoms with Gasteiger partial charge in [0.25, 0.3) is 0 Å². The molecule has 164 valence electrons. The number of rotatable bonds is 5. The van der Waals surface area contributed by atoms with Crippen molar-refractivity contribution in [3.8, 4) is 11.5 Å². The number of nitrogens with zero attached hydrogens (tertiary/aromatic N) is 2. The van der Waals surface area contributed by atoms with Gasteiger partial charge in [0.05, 0.1) is 30.5 Å². The molecule has 2 fully saturated rings. The number of carbonyl (C=O) groups is 2. The number of carbonyl (C=O) groups excluding carboxylic acids is 2. The maximum absolute atomic E-state index is 12.9. The highest BCUT2D eigenvalue weighted by molar-refractivity contribution is 8.01. The molecule has 1 spiro atoms. The van der Waals surface area contributed by atoms with Crippen molar-refractivity contribution < 1.29 is 19.1 Å². The third-order valence-corrected chi connectivity index (χ3v) is 7.48. The summed E-state index contributed by atoms with van der Waals surface area (Å²) in [6.07, 6.45) is 1.51. The molecule has 2 heterocycles. The summed E-state index contributed by atoms with van der Waals surface area (Å²) in [7, 11) is 3.15. The van der Waals surface area contributed by atoms with Crippen molar-refractivity contribution in [3.63, 3.8) is 0 Å². The molecule has 7 nitrogen and oxygen atoms in total. The summed E-state index contributed by atoms with van der Waals surface area (Å²) < 4.78 is 10.6. The van der Waals surface area contributed by atoms with E-state index < -0.39 is 0 Å². The highest BCUT2D eigenvalue weighted by atomic mass is 32.2. The Hall–Kier alpha value is -2.87. The van der Waals surface area contributed by atoms with Crippen LogP contribution in [0.5, 0.6) is 11.5 Å². The lowest BCUT2D eigenvalue weighted by molar-refractivity contribution is -0.131. The van der Waals surface area contributed by atoms with Crippen molar-refractivity contribution in [3.05, 3.63) is 54.1 Å². The number of likely N-dealkylation sites (tertiary alicyclic amines) is 1. The van der Waals surface area contributed by atoms with Gasteiger partial charge >= 0.3 is 6.03 Å². The smallest absolute Gasteiger partial charge is 0.321 e. The van der Waals surface area contributed by atoms with E-state index in [0.717, 1.165) is 18.4 Å². The molecule has 0 unspecified atom stereocenters. The fourth-order valence-electron chi connectivity index (χ4n) is 4.15. The lowest BCUT2D eigenvalue weighted by Gasteiger charge is -2.44. The second-order valence-corrected chi connectivity index (χ2v) is 9.02. The first-order valence-corrected chi connectivity index (χ1v) is 11.3. The zero-order valence-corrected chi connectivity index (χ0v) is 18.6. The first kappa shape index (κ1) is 21.4. The molecule has 0 radical (unpaired) electrons. The SMILES string of the molecule is COc1ccc(NC(=O)N2CCC3(CC2)SCC(=O)N3Cc2ccccc2)c(OC)c1. The van der Waals surface area contributed by atoms with Gasteiger partial charge in [-0.05, 0) is 30.5 Å². The van der Waals surface area contributed by atoms with Crippen LogP contribution in [0.2, 0.25) is 0 Å². The van der Waals surface area contributed by atoms with Crippen molar-refractivity contribution in [1.29, 1.82) is 0 Å². The maximum atomic E-state index is 12.9. The van der Waals surface area contributed by atoms with Crippen LogP contribution < -0.4 is 14.8 Å². The van der Waals surface area contributed by atoms with E-state index in [4.69, 9.17) is 9.47 Å². The van der Waals surface area contributed by atoms with Crippen molar-refractivity contribution in [2.75, 3.05) is 38.4 Å². The Morgan fingerprint density at radius 2 is 1.84 bits per heavy atom. The number of urea groups is 1. The molecule has 0 aliphatic carbocycles. The zero-order valence-electron chi connectivity index (χ0n) is 17.8. The van der Waals surface area contributed by atoms with Gasteiger partial charge in [0.2, 0.25) is 5.91 Å². The van der Waals surface area contributed by atoms with Gasteiger partial charge in [-0.3, -0.25) is 4.79 Å². The number of hydrogen-bond acceptors (Lipinski definition) is 5. The van der Waals surface area contributed by atoms with E-state index in [2.05, 4.69) is 17.4 Å². The van der Waals surface area contributed by atoms with Crippen LogP contribution >= 0.6 is 11.8 Å². The predicted octanol–water partition coefficient (Wildman–Crippen LogP) is 3.80. The third kappa shape index (κ3) is 4.44. The number of methoxy groups -OCH3 is 2. The Labute approximate surface area is 186 Å². The number of amides is 3. The van der Waals surface area contributed by atoms with E-state index in [1.165, 1.54) is 0 Å². The van der Waals surface area contributed by atoms with Gasteiger partial charge in [0, 0.05) is 25.7 Å². The molecule has 2 saturated heterocycles. The summed E-state index contributed by atoms with van der Waals surface area (Å²) in [6.45, 7) is 1.80. The van der Waals surface area contributed by atoms with Crippen LogP contribution in [0.1, 0.15) is 18.4 Å². The first-order valence-electron chi connectivity index (χ1n) is 10.3. The van der Waals surface area contributed by atoms with E-state index >= 15 is 0 Å². The Balaban J connectivity index is 1.41. The summed E-state index contributed by atoms with van der Waals surface area (Å²) in [4.78, 5) is 29.1. The predicted molar refractivity (Wildman–Crippen MR) is 122 cm³/mol. The van der Waals surface area contributed by atoms with Gasteiger partial charge in [0.1, 0.15) is 11.5 Å². The molecule has 31 heavy (non-hydrogen) atoms. The quantitative estimate of drug-likeness (QED) is 0.764. The van der Waals surface area contributed by atoms with E-state index in [9.17, 15) is 9.59 Å². The van der Waals surface area contributed by atoms with Crippen LogP contribution in [0.15, 0.2) is 48.5 Å². The van der Waals surface area contributed by atoms with Crippen LogP contribution in [0.4, 0.5) is 10.5 Å². The topological polar surface area (TPSA) is 71.1 Å². The number of anilines is 1. The van der Waals surface area contributed by atoms with Crippen molar-refractivity contribution in [2.45, 2.75) is 24.3 Å². The monoisotopic (exact) mass is 441 g/mol. The number of ether oxygens (including phenoxy) is 2. The summed E-state index contributed by atoms with van der Waals surface area (Å²) in [5.41, 5.74) is 1.73. The molecule has 2 aliphatic rings. The molecule has 0 aromatic heterocycles. The van der Waals surface area contributed by atoms with Gasteiger partial charge in [-0.15, -0.1) is 11.8 Å². The molecular formula is C23H27N3O4S. The van der Waals surface area contributed by atoms with Crippen LogP contribution in [0.25, 0.3) is 0 Å². The minimum absolute atomic E-state index is 0.165. The molecular weight excluding hydrogens is 414 g/mol. The molecule has 2 aliphatic heterocycles. The lowest BCUT2D eigenvalue weighted by atomic mass is 10.0. The number of thioether (sulfide) groups is 1. The van der Waals surface area contributed by atoms with Gasteiger partial charge in [-0.25, -0.2) is 4.79 Å². The largest absolute Gasteiger partial charge is 0.497 e. The number of piperidine rings is 1. The Morgan fingerprint density at radius 1 is 1.10 bits per heavy atom. The Bertz CT molecular complexity index is 945. The van der Waals surface area contributed by atoms with Crippen LogP contribution in [0, 0.1) is 0 Å². The fraction of sp³-hybridized carbons (Fsp3) is 0.391. The van der Waals surface area contributed by atoms with E-state index in [0.29, 0.717) is 42.6 Å². The van der Waals surface area contributed by atoms with Gasteiger partial charge in [0.15, 0.2) is 0 Å². The summed E-state index contributed by atoms with van der Waals surface area (Å²) >= 11 is 1.71. The molecule has 0 atom stereocenters. The second kappa shape index (κ2) is 9.09. The first-order chi connectivity index (χ1) is 15.0. The van der Waals surface area contributed by atoms with E-state index in [-0.39, 0.29) is 16.8 Å². The molecule has 3 amide bonds. The third-order valence-electron chi connectivity index (χ3n) is 5.92. The minimum atomic E-state index is -0.235. The average Bonchev–Trinajstić information content (AvgIpc) is 3.10. The highest BCUT2D eigenvalue weighted by Crippen LogP contribution is 2.45. The highest BCUT2D eigenvalue weighted by Gasteiger charge is 2.48. The van der Waals surface area contributed by atoms with Crippen LogP contribution in [-0.4, -0.2) is 59.7 Å². The summed E-state index contributed by atoms with van der Waals surface area (Å²) in [6, 6.07) is 15.2. The maximum Gasteiger partial charge on any atom is 0.321 e. The van der Waals surface area contributed by atoms with Gasteiger partial charge < -0.3 is 24.6 Å². The fourth-order valence-corrected chi connectivity index (χ4v) is 5.49. The van der Waals surface area contributed by atoms with Crippen molar-refractivity contribution in [2.24, 2.45) is 0 Å². The number of nitrogens with one attached hydrogen (secondary N) is 1. The summed E-state index contributed by atoms with van der Waals surface area (Å²) in [5.74, 6) is 1.89. The molecule has 2 aromatic carbocycles. The number of benzene rings is 2. The summed E-state index contributed by atoms with van der Waals surface area (Å²) in [5, 5.41) is 2.94. The molecule has 2 aromatic rings. The standard InChI is InChI=1S/C23H27N3O4S/c1-29-18-8-9-19(20(14-18)30-2)24-22(28)25-12-10-23(11-13-25)26(21(27)16-31-23)15-17-6-4-3-5-7-17/h3-9,14H,10-13,15-16H2,1-2H3,(H,24,28). The van der Waals surface area contributed by atoms with Crippen LogP contribution in [0.3, 0.4) is 0 Å². The normalized spacial score (nSPS) is 17.7. The second-order valence-electron chi connectivity index (χ2n) is 7.68. The molecule has 0 bridgehead atoms. The molecule has 1 N–H and O–H groups in total. The van der Waals surface area contributed by atoms with Crippen molar-refractivity contribution in [1.82, 2.24) is 9.80 Å². The van der Waals surface area contributed by atoms with E-state index in [1.807, 2.05) is 23.1 Å². The van der Waals surface area contributed by atoms with E-state index in [1.54, 1.807) is 49.1 Å². The molecule has 0 saturated carbocycles. The minimum Gasteiger partial charge on any atom is -0.497 e. The Morgan fingerprint density at radius 3 is 2.52 bits per heavy atom. The number of hydrogen-bond donors (Lipinski definition) is 1. The lowest BCUT2D eigenvalue weighted by Crippen LogP contribution is -2.53. The zero-order chi connectivity index (χ0) is 21.8. The molecule has 8 heteroatoms. The Kier molecular flexibility index (Phi) is 6.27. The average molecular weight is 442 g/mol. The van der Waals surface area contributed by atoms with Gasteiger partial charge in [-0.2, -0.15) is 0 Å². The van der Waals surface area contributed by atoms with Crippen molar-refractivity contribution >= 4 is 29.4 Å². The van der Waals surface area contributed by atoms with Crippen LogP contribution in [-0.2, 0) is 11.3 Å². The molecule has 4 rings (SSSR count). The van der Waals surface area contributed by atoms with Gasteiger partial charge in [-0.1, -0.05) is 30.3 Å².